The Kier molecular flexibility index (Phi) is 3.29. The monoisotopic (exact) mass is 222 g/mol. The highest BCUT2D eigenvalue weighted by atomic mass is 16.5. The van der Waals surface area contributed by atoms with Crippen LogP contribution in [-0.4, -0.2) is 24.3 Å². The van der Waals surface area contributed by atoms with Gasteiger partial charge in [-0.05, 0) is 25.0 Å². The molecule has 0 atom stereocenters. The van der Waals surface area contributed by atoms with Crippen molar-refractivity contribution in [3.63, 3.8) is 0 Å². The van der Waals surface area contributed by atoms with Gasteiger partial charge in [0.15, 0.2) is 0 Å². The molecule has 4 nitrogen and oxygen atoms in total. The fraction of sp³-hybridized carbons (Fsp3) is 0.417. The van der Waals surface area contributed by atoms with Crippen LogP contribution in [0.4, 0.5) is 0 Å². The maximum atomic E-state index is 10.4. The van der Waals surface area contributed by atoms with Gasteiger partial charge < -0.3 is 14.6 Å². The molecule has 4 heteroatoms. The first-order valence-electron chi connectivity index (χ1n) is 5.36. The molecular weight excluding hydrogens is 208 g/mol. The fourth-order valence-corrected chi connectivity index (χ4v) is 1.74. The van der Waals surface area contributed by atoms with E-state index in [0.717, 1.165) is 36.5 Å². The van der Waals surface area contributed by atoms with Gasteiger partial charge in [-0.1, -0.05) is 6.07 Å². The van der Waals surface area contributed by atoms with Gasteiger partial charge in [0, 0.05) is 5.56 Å². The lowest BCUT2D eigenvalue weighted by Crippen LogP contribution is -2.11. The third-order valence-corrected chi connectivity index (χ3v) is 2.49. The third kappa shape index (κ3) is 2.45. The van der Waals surface area contributed by atoms with Gasteiger partial charge in [0.05, 0.1) is 19.6 Å². The molecular formula is C12H14O4. The normalized spacial score (nSPS) is 13.8. The van der Waals surface area contributed by atoms with Gasteiger partial charge in [0.1, 0.15) is 11.5 Å². The van der Waals surface area contributed by atoms with E-state index in [2.05, 4.69) is 0 Å². The second-order valence-electron chi connectivity index (χ2n) is 3.68. The van der Waals surface area contributed by atoms with Crippen LogP contribution in [0.1, 0.15) is 18.4 Å². The Morgan fingerprint density at radius 1 is 1.50 bits per heavy atom. The average Bonchev–Trinajstić information content (AvgIpc) is 2.29. The summed E-state index contributed by atoms with van der Waals surface area (Å²) in [6.07, 6.45) is 1.93. The fourth-order valence-electron chi connectivity index (χ4n) is 1.74. The minimum absolute atomic E-state index is 0.0184. The summed E-state index contributed by atoms with van der Waals surface area (Å²) in [6, 6.07) is 5.63. The predicted octanol–water partition coefficient (Wildman–Crippen LogP) is 1.87. The van der Waals surface area contributed by atoms with Crippen molar-refractivity contribution in [3.8, 4) is 11.5 Å². The molecule has 1 aliphatic heterocycles. The standard InChI is InChI=1S/C12H14O4/c13-12(14)6-8-16-11-5-1-4-10-9(11)3-2-7-15-10/h1,4-5H,2-3,6-8H2,(H,13,14). The molecule has 0 radical (unpaired) electrons. The number of carbonyl (C=O) groups is 1. The van der Waals surface area contributed by atoms with E-state index in [1.165, 1.54) is 0 Å². The molecule has 16 heavy (non-hydrogen) atoms. The van der Waals surface area contributed by atoms with Crippen LogP contribution < -0.4 is 9.47 Å². The van der Waals surface area contributed by atoms with Crippen LogP contribution >= 0.6 is 0 Å². The van der Waals surface area contributed by atoms with E-state index >= 15 is 0 Å². The first kappa shape index (κ1) is 10.8. The molecule has 0 amide bonds. The van der Waals surface area contributed by atoms with Crippen molar-refractivity contribution >= 4 is 5.97 Å². The van der Waals surface area contributed by atoms with Crippen molar-refractivity contribution in [2.45, 2.75) is 19.3 Å². The number of hydrogen-bond acceptors (Lipinski definition) is 3. The summed E-state index contributed by atoms with van der Waals surface area (Å²) in [5, 5.41) is 8.53. The highest BCUT2D eigenvalue weighted by Gasteiger charge is 2.14. The molecule has 0 saturated heterocycles. The van der Waals surface area contributed by atoms with Gasteiger partial charge in [0.25, 0.3) is 0 Å². The molecule has 0 unspecified atom stereocenters. The van der Waals surface area contributed by atoms with E-state index in [9.17, 15) is 4.79 Å². The summed E-state index contributed by atoms with van der Waals surface area (Å²) < 4.78 is 10.9. The Morgan fingerprint density at radius 3 is 3.19 bits per heavy atom. The largest absolute Gasteiger partial charge is 0.493 e. The lowest BCUT2D eigenvalue weighted by Gasteiger charge is -2.19. The summed E-state index contributed by atoms with van der Waals surface area (Å²) in [5.74, 6) is 0.763. The number of ether oxygens (including phenoxy) is 2. The van der Waals surface area contributed by atoms with E-state index < -0.39 is 5.97 Å². The molecule has 1 aromatic rings. The maximum absolute atomic E-state index is 10.4. The first-order chi connectivity index (χ1) is 7.77. The van der Waals surface area contributed by atoms with Gasteiger partial charge in [0.2, 0.25) is 0 Å². The summed E-state index contributed by atoms with van der Waals surface area (Å²) in [6.45, 7) is 0.942. The van der Waals surface area contributed by atoms with Crippen molar-refractivity contribution in [3.05, 3.63) is 23.8 Å². The van der Waals surface area contributed by atoms with Crippen molar-refractivity contribution in [1.29, 1.82) is 0 Å². The number of fused-ring (bicyclic) bond motifs is 1. The molecule has 0 spiro atoms. The summed E-state index contributed by atoms with van der Waals surface area (Å²) in [4.78, 5) is 10.4. The van der Waals surface area contributed by atoms with Crippen LogP contribution in [0, 0.1) is 0 Å². The van der Waals surface area contributed by atoms with Crippen molar-refractivity contribution in [2.24, 2.45) is 0 Å². The number of benzene rings is 1. The Morgan fingerprint density at radius 2 is 2.38 bits per heavy atom. The number of carboxylic acids is 1. The molecule has 0 aliphatic carbocycles. The van der Waals surface area contributed by atoms with Crippen LogP contribution in [0.15, 0.2) is 18.2 Å². The number of rotatable bonds is 4. The van der Waals surface area contributed by atoms with Crippen LogP contribution in [0.3, 0.4) is 0 Å². The second kappa shape index (κ2) is 4.88. The van der Waals surface area contributed by atoms with Gasteiger partial charge in [-0.15, -0.1) is 0 Å². The minimum atomic E-state index is -0.846. The van der Waals surface area contributed by atoms with E-state index in [1.54, 1.807) is 0 Å². The summed E-state index contributed by atoms with van der Waals surface area (Å²) in [5.41, 5.74) is 1.05. The molecule has 2 rings (SSSR count). The summed E-state index contributed by atoms with van der Waals surface area (Å²) in [7, 11) is 0. The summed E-state index contributed by atoms with van der Waals surface area (Å²) >= 11 is 0. The van der Waals surface area contributed by atoms with Crippen LogP contribution in [0.2, 0.25) is 0 Å². The SMILES string of the molecule is O=C(O)CCOc1cccc2c1CCCO2. The second-order valence-corrected chi connectivity index (χ2v) is 3.68. The highest BCUT2D eigenvalue weighted by molar-refractivity contribution is 5.66. The smallest absolute Gasteiger partial charge is 0.306 e. The lowest BCUT2D eigenvalue weighted by molar-refractivity contribution is -0.137. The molecule has 86 valence electrons. The molecule has 1 heterocycles. The molecule has 0 fully saturated rings. The van der Waals surface area contributed by atoms with Crippen LogP contribution in [0.25, 0.3) is 0 Å². The van der Waals surface area contributed by atoms with E-state index in [0.29, 0.717) is 0 Å². The highest BCUT2D eigenvalue weighted by Crippen LogP contribution is 2.32. The van der Waals surface area contributed by atoms with Crippen molar-refractivity contribution < 1.29 is 19.4 Å². The van der Waals surface area contributed by atoms with Gasteiger partial charge >= 0.3 is 5.97 Å². The third-order valence-electron chi connectivity index (χ3n) is 2.49. The minimum Gasteiger partial charge on any atom is -0.493 e. The molecule has 1 N–H and O–H groups in total. The van der Waals surface area contributed by atoms with Crippen LogP contribution in [-0.2, 0) is 11.2 Å². The molecule has 0 aromatic heterocycles. The topological polar surface area (TPSA) is 55.8 Å². The average molecular weight is 222 g/mol. The Labute approximate surface area is 93.8 Å². The van der Waals surface area contributed by atoms with Crippen LogP contribution in [0.5, 0.6) is 11.5 Å². The first-order valence-corrected chi connectivity index (χ1v) is 5.36. The van der Waals surface area contributed by atoms with Crippen molar-refractivity contribution in [1.82, 2.24) is 0 Å². The number of aliphatic carboxylic acids is 1. The van der Waals surface area contributed by atoms with Gasteiger partial charge in [-0.25, -0.2) is 0 Å². The van der Waals surface area contributed by atoms with E-state index in [-0.39, 0.29) is 13.0 Å². The Balaban J connectivity index is 2.05. The molecule has 0 saturated carbocycles. The zero-order valence-corrected chi connectivity index (χ0v) is 8.94. The van der Waals surface area contributed by atoms with E-state index in [1.807, 2.05) is 18.2 Å². The molecule has 1 aromatic carbocycles. The van der Waals surface area contributed by atoms with Gasteiger partial charge in [-0.2, -0.15) is 0 Å². The Hall–Kier alpha value is -1.71. The van der Waals surface area contributed by atoms with Gasteiger partial charge in [-0.3, -0.25) is 4.79 Å². The molecule has 1 aliphatic rings. The maximum Gasteiger partial charge on any atom is 0.306 e. The quantitative estimate of drug-likeness (QED) is 0.844. The zero-order valence-electron chi connectivity index (χ0n) is 8.94. The van der Waals surface area contributed by atoms with Crippen molar-refractivity contribution in [2.75, 3.05) is 13.2 Å². The number of hydrogen-bond donors (Lipinski definition) is 1. The Bertz CT molecular complexity index is 387. The number of carboxylic acid groups (broad SMARTS) is 1. The lowest BCUT2D eigenvalue weighted by atomic mass is 10.1. The zero-order chi connectivity index (χ0) is 11.4. The van der Waals surface area contributed by atoms with E-state index in [4.69, 9.17) is 14.6 Å². The molecule has 0 bridgehead atoms. The predicted molar refractivity (Wildman–Crippen MR) is 58.0 cm³/mol.